The van der Waals surface area contributed by atoms with Crippen molar-refractivity contribution in [2.45, 2.75) is 44.9 Å². The number of carbonyl (C=O) groups excluding carboxylic acids is 1. The third-order valence-corrected chi connectivity index (χ3v) is 6.23. The quantitative estimate of drug-likeness (QED) is 0.516. The largest absolute Gasteiger partial charge is 0.483 e. The summed E-state index contributed by atoms with van der Waals surface area (Å²) in [5.74, 6) is 1.54. The first-order chi connectivity index (χ1) is 14.0. The fraction of sp³-hybridized carbons (Fsp3) is 0.421. The molecule has 3 rings (SSSR count). The van der Waals surface area contributed by atoms with Gasteiger partial charge in [-0.05, 0) is 37.5 Å². The van der Waals surface area contributed by atoms with Gasteiger partial charge in [-0.25, -0.2) is 0 Å². The maximum Gasteiger partial charge on any atom is 0.236 e. The third kappa shape index (κ3) is 5.54. The Balaban J connectivity index is 1.55. The van der Waals surface area contributed by atoms with Gasteiger partial charge >= 0.3 is 0 Å². The molecule has 29 heavy (non-hydrogen) atoms. The van der Waals surface area contributed by atoms with Crippen LogP contribution < -0.4 is 10.1 Å². The number of hydrogen-bond acceptors (Lipinski definition) is 8. The number of aromatic nitrogens is 5. The van der Waals surface area contributed by atoms with E-state index in [9.17, 15) is 4.79 Å². The molecule has 154 valence electrons. The maximum atomic E-state index is 12.2. The van der Waals surface area contributed by atoms with Gasteiger partial charge in [-0.15, -0.1) is 20.4 Å². The topological polar surface area (TPSA) is 94.8 Å². The Morgan fingerprint density at radius 3 is 2.59 bits per heavy atom. The molecule has 1 atom stereocenters. The highest BCUT2D eigenvalue weighted by Gasteiger charge is 2.18. The monoisotopic (exact) mass is 432 g/mol. The van der Waals surface area contributed by atoms with Crippen LogP contribution in [0.25, 0.3) is 0 Å². The Morgan fingerprint density at radius 1 is 1.17 bits per heavy atom. The summed E-state index contributed by atoms with van der Waals surface area (Å²) in [6.07, 6.45) is 1.52. The lowest BCUT2D eigenvalue weighted by molar-refractivity contribution is -0.113. The predicted octanol–water partition coefficient (Wildman–Crippen LogP) is 3.66. The molecule has 8 nitrogen and oxygen atoms in total. The molecule has 0 saturated carbocycles. The van der Waals surface area contributed by atoms with Crippen molar-refractivity contribution in [3.05, 3.63) is 40.7 Å². The zero-order valence-corrected chi connectivity index (χ0v) is 18.5. The summed E-state index contributed by atoms with van der Waals surface area (Å²) in [6, 6.07) is 8.03. The van der Waals surface area contributed by atoms with Crippen LogP contribution >= 0.6 is 23.1 Å². The van der Waals surface area contributed by atoms with Crippen LogP contribution in [0.5, 0.6) is 5.75 Å². The number of amides is 1. The number of nitrogens with one attached hydrogen (secondary N) is 1. The number of ether oxygens (including phenoxy) is 1. The first-order valence-electron chi connectivity index (χ1n) is 9.40. The van der Waals surface area contributed by atoms with Crippen molar-refractivity contribution >= 4 is 34.1 Å². The number of anilines is 1. The van der Waals surface area contributed by atoms with Gasteiger partial charge in [0.2, 0.25) is 11.0 Å². The van der Waals surface area contributed by atoms with Gasteiger partial charge in [0.1, 0.15) is 10.8 Å². The molecule has 1 amide bonds. The number of carbonyl (C=O) groups is 1. The summed E-state index contributed by atoms with van der Waals surface area (Å²) in [5.41, 5.74) is 1.26. The number of rotatable bonds is 9. The summed E-state index contributed by atoms with van der Waals surface area (Å²) >= 11 is 2.70. The van der Waals surface area contributed by atoms with E-state index in [1.165, 1.54) is 28.7 Å². The fourth-order valence-electron chi connectivity index (χ4n) is 2.60. The van der Waals surface area contributed by atoms with E-state index in [0.717, 1.165) is 23.6 Å². The van der Waals surface area contributed by atoms with Crippen molar-refractivity contribution in [3.63, 3.8) is 0 Å². The molecule has 0 bridgehead atoms. The van der Waals surface area contributed by atoms with Gasteiger partial charge in [-0.1, -0.05) is 49.1 Å². The van der Waals surface area contributed by atoms with Gasteiger partial charge in [-0.3, -0.25) is 10.1 Å². The maximum absolute atomic E-state index is 12.2. The molecule has 2 aromatic heterocycles. The Hall–Kier alpha value is -2.46. The minimum Gasteiger partial charge on any atom is -0.483 e. The molecule has 0 aliphatic carbocycles. The summed E-state index contributed by atoms with van der Waals surface area (Å²) < 4.78 is 7.84. The second-order valence-electron chi connectivity index (χ2n) is 6.35. The first-order valence-corrected chi connectivity index (χ1v) is 11.2. The molecular formula is C19H24N6O2S2. The SMILES string of the molecule is CCc1ccc(OC(C)c2nnc(SCC(=O)Nc3nnc(CC)s3)n2C)cc1. The van der Waals surface area contributed by atoms with Gasteiger partial charge in [-0.2, -0.15) is 0 Å². The van der Waals surface area contributed by atoms with Crippen LogP contribution in [0.3, 0.4) is 0 Å². The average Bonchev–Trinajstić information content (AvgIpc) is 3.33. The molecule has 0 spiro atoms. The second kappa shape index (κ2) is 9.84. The minimum absolute atomic E-state index is 0.154. The fourth-order valence-corrected chi connectivity index (χ4v) is 4.01. The third-order valence-electron chi connectivity index (χ3n) is 4.22. The molecule has 0 fully saturated rings. The van der Waals surface area contributed by atoms with E-state index >= 15 is 0 Å². The van der Waals surface area contributed by atoms with Gasteiger partial charge in [0.25, 0.3) is 0 Å². The molecule has 2 heterocycles. The Labute approximate surface area is 178 Å². The highest BCUT2D eigenvalue weighted by molar-refractivity contribution is 7.99. The molecule has 10 heteroatoms. The number of benzene rings is 1. The van der Waals surface area contributed by atoms with Crippen molar-refractivity contribution in [3.8, 4) is 5.75 Å². The van der Waals surface area contributed by atoms with Gasteiger partial charge in [0, 0.05) is 7.05 Å². The zero-order valence-electron chi connectivity index (χ0n) is 16.9. The van der Waals surface area contributed by atoms with Crippen LogP contribution in [0.1, 0.15) is 43.3 Å². The Bertz CT molecular complexity index is 954. The number of hydrogen-bond donors (Lipinski definition) is 1. The molecule has 0 aliphatic heterocycles. The summed E-state index contributed by atoms with van der Waals surface area (Å²) in [4.78, 5) is 12.2. The van der Waals surface area contributed by atoms with E-state index in [-0.39, 0.29) is 17.8 Å². The van der Waals surface area contributed by atoms with Crippen molar-refractivity contribution in [1.29, 1.82) is 0 Å². The standard InChI is InChI=1S/C19H24N6O2S2/c1-5-13-7-9-14(10-8-13)27-12(3)17-22-24-19(25(17)4)28-11-15(26)20-18-23-21-16(6-2)29-18/h7-10,12H,5-6,11H2,1-4H3,(H,20,23,26). The number of nitrogens with zero attached hydrogens (tertiary/aromatic N) is 5. The smallest absolute Gasteiger partial charge is 0.236 e. The molecule has 3 aromatic rings. The van der Waals surface area contributed by atoms with Crippen molar-refractivity contribution in [2.24, 2.45) is 7.05 Å². The second-order valence-corrected chi connectivity index (χ2v) is 8.35. The van der Waals surface area contributed by atoms with Gasteiger partial charge in [0.15, 0.2) is 17.1 Å². The number of thioether (sulfide) groups is 1. The van der Waals surface area contributed by atoms with Crippen molar-refractivity contribution in [2.75, 3.05) is 11.1 Å². The van der Waals surface area contributed by atoms with Crippen molar-refractivity contribution in [1.82, 2.24) is 25.0 Å². The molecule has 1 unspecified atom stereocenters. The van der Waals surface area contributed by atoms with Crippen LogP contribution in [0.2, 0.25) is 0 Å². The molecule has 0 saturated heterocycles. The van der Waals surface area contributed by atoms with E-state index in [1.54, 1.807) is 0 Å². The molecular weight excluding hydrogens is 408 g/mol. The van der Waals surface area contributed by atoms with Crippen molar-refractivity contribution < 1.29 is 9.53 Å². The van der Waals surface area contributed by atoms with Crippen LogP contribution in [0.4, 0.5) is 5.13 Å². The average molecular weight is 433 g/mol. The van der Waals surface area contributed by atoms with Crippen LogP contribution in [0.15, 0.2) is 29.4 Å². The lowest BCUT2D eigenvalue weighted by Crippen LogP contribution is -2.14. The zero-order chi connectivity index (χ0) is 20.8. The predicted molar refractivity (Wildman–Crippen MR) is 115 cm³/mol. The number of aryl methyl sites for hydroxylation is 2. The first kappa shape index (κ1) is 21.3. The molecule has 1 N–H and O–H groups in total. The lowest BCUT2D eigenvalue weighted by Gasteiger charge is -2.14. The summed E-state index contributed by atoms with van der Waals surface area (Å²) in [5, 5.41) is 21.2. The molecule has 0 aliphatic rings. The van der Waals surface area contributed by atoms with E-state index in [2.05, 4.69) is 44.8 Å². The highest BCUT2D eigenvalue weighted by Crippen LogP contribution is 2.24. The van der Waals surface area contributed by atoms with Gasteiger partial charge < -0.3 is 9.30 Å². The molecule has 1 aromatic carbocycles. The Kier molecular flexibility index (Phi) is 7.21. The summed E-state index contributed by atoms with van der Waals surface area (Å²) in [7, 11) is 1.87. The van der Waals surface area contributed by atoms with E-state index in [4.69, 9.17) is 4.74 Å². The highest BCUT2D eigenvalue weighted by atomic mass is 32.2. The van der Waals surface area contributed by atoms with E-state index in [1.807, 2.05) is 37.6 Å². The van der Waals surface area contributed by atoms with Crippen LogP contribution in [0, 0.1) is 0 Å². The van der Waals surface area contributed by atoms with E-state index < -0.39 is 0 Å². The van der Waals surface area contributed by atoms with Crippen LogP contribution in [-0.4, -0.2) is 36.6 Å². The minimum atomic E-state index is -0.267. The van der Waals surface area contributed by atoms with E-state index in [0.29, 0.717) is 16.1 Å². The Morgan fingerprint density at radius 2 is 1.93 bits per heavy atom. The molecule has 0 radical (unpaired) electrons. The van der Waals surface area contributed by atoms with Gasteiger partial charge in [0.05, 0.1) is 5.75 Å². The summed E-state index contributed by atoms with van der Waals surface area (Å²) in [6.45, 7) is 6.05. The lowest BCUT2D eigenvalue weighted by atomic mass is 10.2. The van der Waals surface area contributed by atoms with Crippen LogP contribution in [-0.2, 0) is 24.7 Å². The normalized spacial score (nSPS) is 12.0.